The van der Waals surface area contributed by atoms with E-state index in [-0.39, 0.29) is 17.8 Å². The third-order valence-corrected chi connectivity index (χ3v) is 5.19. The first-order chi connectivity index (χ1) is 13.6. The quantitative estimate of drug-likeness (QED) is 0.722. The fraction of sp³-hybridized carbons (Fsp3) is 0.273. The summed E-state index contributed by atoms with van der Waals surface area (Å²) in [5.41, 5.74) is 1.41. The van der Waals surface area contributed by atoms with E-state index in [1.807, 2.05) is 12.1 Å². The first-order valence-corrected chi connectivity index (χ1v) is 9.45. The number of halogens is 1. The lowest BCUT2D eigenvalue weighted by atomic mass is 9.94. The summed E-state index contributed by atoms with van der Waals surface area (Å²) in [6.45, 7) is 3.87. The van der Waals surface area contributed by atoms with Gasteiger partial charge in [-0.05, 0) is 43.1 Å². The average molecular weight is 379 g/mol. The highest BCUT2D eigenvalue weighted by atomic mass is 19.1. The number of aromatic nitrogens is 1. The number of benzene rings is 2. The van der Waals surface area contributed by atoms with Crippen LogP contribution in [0.2, 0.25) is 0 Å². The van der Waals surface area contributed by atoms with E-state index in [1.54, 1.807) is 30.3 Å². The molecule has 2 N–H and O–H groups in total. The summed E-state index contributed by atoms with van der Waals surface area (Å²) in [7, 11) is 0. The lowest BCUT2D eigenvalue weighted by molar-refractivity contribution is 0.0915. The normalized spacial score (nSPS) is 19.4. The van der Waals surface area contributed by atoms with Crippen molar-refractivity contribution in [3.63, 3.8) is 0 Å². The largest absolute Gasteiger partial charge is 0.436 e. The smallest absolute Gasteiger partial charge is 0.252 e. The van der Waals surface area contributed by atoms with Gasteiger partial charge < -0.3 is 15.1 Å². The second-order valence-corrected chi connectivity index (χ2v) is 7.11. The fourth-order valence-electron chi connectivity index (χ4n) is 3.48. The molecule has 3 aromatic rings. The van der Waals surface area contributed by atoms with E-state index in [1.165, 1.54) is 12.3 Å². The molecule has 0 spiro atoms. The maximum Gasteiger partial charge on any atom is 0.252 e. The number of nitrogens with one attached hydrogen (secondary N) is 2. The van der Waals surface area contributed by atoms with Crippen molar-refractivity contribution in [2.75, 3.05) is 13.1 Å². The highest BCUT2D eigenvalue weighted by Gasteiger charge is 2.25. The van der Waals surface area contributed by atoms with Crippen LogP contribution in [-0.4, -0.2) is 30.0 Å². The Morgan fingerprint density at radius 2 is 1.93 bits per heavy atom. The number of carbonyl (C=O) groups excluding carboxylic acids is 1. The molecule has 1 aliphatic rings. The van der Waals surface area contributed by atoms with Crippen LogP contribution in [0, 0.1) is 11.7 Å². The standard InChI is InChI=1S/C22H22FN3O2/c1-14-10-11-24-12-19(14)26-21(27)15-6-2-3-7-16(15)22-25-13-20(28-22)17-8-4-5-9-18(17)23/h2-9,13-14,19,24H,10-12H2,1H3,(H,26,27). The van der Waals surface area contributed by atoms with Crippen molar-refractivity contribution in [2.45, 2.75) is 19.4 Å². The Morgan fingerprint density at radius 1 is 1.18 bits per heavy atom. The van der Waals surface area contributed by atoms with Gasteiger partial charge in [-0.1, -0.05) is 31.2 Å². The summed E-state index contributed by atoms with van der Waals surface area (Å²) in [5.74, 6) is 0.482. The van der Waals surface area contributed by atoms with Gasteiger partial charge in [-0.2, -0.15) is 0 Å². The van der Waals surface area contributed by atoms with E-state index in [9.17, 15) is 9.18 Å². The minimum absolute atomic E-state index is 0.0767. The van der Waals surface area contributed by atoms with E-state index >= 15 is 0 Å². The van der Waals surface area contributed by atoms with Crippen LogP contribution in [0.4, 0.5) is 4.39 Å². The van der Waals surface area contributed by atoms with E-state index < -0.39 is 0 Å². The number of carbonyl (C=O) groups is 1. The van der Waals surface area contributed by atoms with Crippen LogP contribution in [0.1, 0.15) is 23.7 Å². The first-order valence-electron chi connectivity index (χ1n) is 9.45. The summed E-state index contributed by atoms with van der Waals surface area (Å²) >= 11 is 0. The number of piperidine rings is 1. The number of nitrogens with zero attached hydrogens (tertiary/aromatic N) is 1. The minimum Gasteiger partial charge on any atom is -0.436 e. The lowest BCUT2D eigenvalue weighted by Gasteiger charge is -2.30. The zero-order valence-electron chi connectivity index (χ0n) is 15.6. The summed E-state index contributed by atoms with van der Waals surface area (Å²) in [5, 5.41) is 6.43. The van der Waals surface area contributed by atoms with Gasteiger partial charge in [-0.3, -0.25) is 4.79 Å². The van der Waals surface area contributed by atoms with Gasteiger partial charge in [-0.25, -0.2) is 9.37 Å². The zero-order valence-corrected chi connectivity index (χ0v) is 15.6. The molecule has 144 valence electrons. The van der Waals surface area contributed by atoms with Gasteiger partial charge in [0.15, 0.2) is 5.76 Å². The highest BCUT2D eigenvalue weighted by molar-refractivity contribution is 6.00. The van der Waals surface area contributed by atoms with Gasteiger partial charge in [0.05, 0.1) is 17.3 Å². The van der Waals surface area contributed by atoms with Gasteiger partial charge in [0, 0.05) is 18.2 Å². The maximum atomic E-state index is 14.0. The maximum absolute atomic E-state index is 14.0. The third-order valence-electron chi connectivity index (χ3n) is 5.19. The topological polar surface area (TPSA) is 67.2 Å². The van der Waals surface area contributed by atoms with Crippen LogP contribution in [-0.2, 0) is 0 Å². The van der Waals surface area contributed by atoms with E-state index in [4.69, 9.17) is 4.42 Å². The monoisotopic (exact) mass is 379 g/mol. The lowest BCUT2D eigenvalue weighted by Crippen LogP contribution is -2.50. The van der Waals surface area contributed by atoms with Gasteiger partial charge >= 0.3 is 0 Å². The van der Waals surface area contributed by atoms with Gasteiger partial charge in [0.25, 0.3) is 5.91 Å². The van der Waals surface area contributed by atoms with Crippen LogP contribution in [0.15, 0.2) is 59.1 Å². The van der Waals surface area contributed by atoms with Crippen LogP contribution >= 0.6 is 0 Å². The molecule has 2 aromatic carbocycles. The molecule has 1 amide bonds. The van der Waals surface area contributed by atoms with Crippen molar-refractivity contribution in [2.24, 2.45) is 5.92 Å². The highest BCUT2D eigenvalue weighted by Crippen LogP contribution is 2.29. The molecule has 1 saturated heterocycles. The van der Waals surface area contributed by atoms with Gasteiger partial charge in [-0.15, -0.1) is 0 Å². The van der Waals surface area contributed by atoms with E-state index in [0.717, 1.165) is 19.5 Å². The Kier molecular flexibility index (Phi) is 5.21. The van der Waals surface area contributed by atoms with Crippen molar-refractivity contribution in [1.29, 1.82) is 0 Å². The molecule has 1 fully saturated rings. The fourth-order valence-corrected chi connectivity index (χ4v) is 3.48. The summed E-state index contributed by atoms with van der Waals surface area (Å²) < 4.78 is 19.8. The molecule has 0 bridgehead atoms. The molecule has 5 nitrogen and oxygen atoms in total. The van der Waals surface area contributed by atoms with Gasteiger partial charge in [0.2, 0.25) is 5.89 Å². The Morgan fingerprint density at radius 3 is 2.71 bits per heavy atom. The second kappa shape index (κ2) is 7.94. The molecular formula is C22H22FN3O2. The van der Waals surface area contributed by atoms with Crippen molar-refractivity contribution >= 4 is 5.91 Å². The summed E-state index contributed by atoms with van der Waals surface area (Å²) in [4.78, 5) is 17.2. The van der Waals surface area contributed by atoms with E-state index in [0.29, 0.717) is 34.3 Å². The molecule has 0 radical (unpaired) electrons. The predicted molar refractivity (Wildman–Crippen MR) is 105 cm³/mol. The summed E-state index contributed by atoms with van der Waals surface area (Å²) in [6, 6.07) is 13.6. The van der Waals surface area contributed by atoms with Crippen molar-refractivity contribution in [3.8, 4) is 22.8 Å². The van der Waals surface area contributed by atoms with Gasteiger partial charge in [0.1, 0.15) is 5.82 Å². The van der Waals surface area contributed by atoms with Crippen LogP contribution in [0.25, 0.3) is 22.8 Å². The molecule has 2 unspecified atom stereocenters. The Balaban J connectivity index is 1.62. The Bertz CT molecular complexity index is 985. The van der Waals surface area contributed by atoms with Crippen LogP contribution in [0.3, 0.4) is 0 Å². The zero-order chi connectivity index (χ0) is 19.5. The number of hydrogen-bond donors (Lipinski definition) is 2. The number of rotatable bonds is 4. The number of amides is 1. The number of hydrogen-bond acceptors (Lipinski definition) is 4. The Hall–Kier alpha value is -2.99. The van der Waals surface area contributed by atoms with Crippen LogP contribution < -0.4 is 10.6 Å². The molecule has 2 atom stereocenters. The molecule has 2 heterocycles. The first kappa shape index (κ1) is 18.4. The van der Waals surface area contributed by atoms with Crippen LogP contribution in [0.5, 0.6) is 0 Å². The van der Waals surface area contributed by atoms with Crippen molar-refractivity contribution in [3.05, 3.63) is 66.1 Å². The number of oxazole rings is 1. The molecule has 0 saturated carbocycles. The molecule has 0 aliphatic carbocycles. The molecule has 1 aromatic heterocycles. The average Bonchev–Trinajstić information content (AvgIpc) is 3.20. The molecule has 28 heavy (non-hydrogen) atoms. The van der Waals surface area contributed by atoms with Crippen molar-refractivity contribution in [1.82, 2.24) is 15.6 Å². The molecule has 1 aliphatic heterocycles. The second-order valence-electron chi connectivity index (χ2n) is 7.11. The predicted octanol–water partition coefficient (Wildman–Crippen LogP) is 3.88. The van der Waals surface area contributed by atoms with E-state index in [2.05, 4.69) is 22.5 Å². The molecule has 6 heteroatoms. The van der Waals surface area contributed by atoms with Crippen molar-refractivity contribution < 1.29 is 13.6 Å². The third kappa shape index (κ3) is 3.68. The summed E-state index contributed by atoms with van der Waals surface area (Å²) in [6.07, 6.45) is 2.51. The Labute approximate surface area is 163 Å². The minimum atomic E-state index is -0.380. The molecule has 4 rings (SSSR count). The molecular weight excluding hydrogens is 357 g/mol. The SMILES string of the molecule is CC1CCNCC1NC(=O)c1ccccc1-c1ncc(-c2ccccc2F)o1.